The Labute approximate surface area is 110 Å². The van der Waals surface area contributed by atoms with Gasteiger partial charge in [-0.05, 0) is 12.5 Å². The predicted molar refractivity (Wildman–Crippen MR) is 66.9 cm³/mol. The van der Waals surface area contributed by atoms with E-state index in [1.54, 1.807) is 0 Å². The van der Waals surface area contributed by atoms with Gasteiger partial charge in [0, 0.05) is 31.1 Å². The van der Waals surface area contributed by atoms with Crippen molar-refractivity contribution in [1.82, 2.24) is 4.31 Å². The van der Waals surface area contributed by atoms with E-state index in [4.69, 9.17) is 11.6 Å². The molecule has 0 saturated heterocycles. The number of alkyl halides is 1. The number of hydrogen-bond acceptors (Lipinski definition) is 2. The highest BCUT2D eigenvalue weighted by molar-refractivity contribution is 7.89. The Morgan fingerprint density at radius 2 is 2.00 bits per heavy atom. The lowest BCUT2D eigenvalue weighted by molar-refractivity contribution is 0.454. The predicted octanol–water partition coefficient (Wildman–Crippen LogP) is 2.36. The lowest BCUT2D eigenvalue weighted by Crippen LogP contribution is -2.29. The van der Waals surface area contributed by atoms with E-state index in [0.717, 1.165) is 16.4 Å². The van der Waals surface area contributed by atoms with Gasteiger partial charge in [-0.3, -0.25) is 0 Å². The van der Waals surface area contributed by atoms with E-state index in [1.807, 2.05) is 0 Å². The van der Waals surface area contributed by atoms with Crippen molar-refractivity contribution >= 4 is 21.6 Å². The van der Waals surface area contributed by atoms with E-state index in [-0.39, 0.29) is 23.7 Å². The van der Waals surface area contributed by atoms with E-state index in [2.05, 4.69) is 0 Å². The fourth-order valence-corrected chi connectivity index (χ4v) is 2.83. The molecular weight excluding hydrogens is 284 g/mol. The molecule has 0 spiro atoms. The molecule has 0 radical (unpaired) electrons. The average molecular weight is 298 g/mol. The molecule has 0 unspecified atom stereocenters. The van der Waals surface area contributed by atoms with Crippen molar-refractivity contribution in [3.63, 3.8) is 0 Å². The summed E-state index contributed by atoms with van der Waals surface area (Å²) in [5, 5.41) is 0. The second-order valence-corrected chi connectivity index (χ2v) is 6.42. The normalized spacial score (nSPS) is 12.1. The fourth-order valence-electron chi connectivity index (χ4n) is 1.38. The van der Waals surface area contributed by atoms with Gasteiger partial charge >= 0.3 is 0 Å². The summed E-state index contributed by atoms with van der Waals surface area (Å²) in [4.78, 5) is 0. The maximum Gasteiger partial charge on any atom is 0.214 e. The molecule has 0 heterocycles. The quantitative estimate of drug-likeness (QED) is 0.756. The summed E-state index contributed by atoms with van der Waals surface area (Å²) < 4.78 is 50.6. The van der Waals surface area contributed by atoms with E-state index >= 15 is 0 Å². The van der Waals surface area contributed by atoms with Gasteiger partial charge < -0.3 is 0 Å². The molecular formula is C11H14ClF2NO2S. The Morgan fingerprint density at radius 3 is 2.56 bits per heavy atom. The van der Waals surface area contributed by atoms with Crippen LogP contribution in [-0.2, 0) is 16.6 Å². The molecule has 7 heteroatoms. The largest absolute Gasteiger partial charge is 0.214 e. The van der Waals surface area contributed by atoms with Gasteiger partial charge in [-0.1, -0.05) is 6.07 Å². The van der Waals surface area contributed by atoms with Crippen LogP contribution in [0.5, 0.6) is 0 Å². The molecule has 1 aromatic rings. The minimum absolute atomic E-state index is 0.0875. The summed E-state index contributed by atoms with van der Waals surface area (Å²) in [5.41, 5.74) is 0.133. The van der Waals surface area contributed by atoms with Crippen LogP contribution in [0.15, 0.2) is 18.2 Å². The lowest BCUT2D eigenvalue weighted by Gasteiger charge is -2.17. The second kappa shape index (κ2) is 6.45. The maximum atomic E-state index is 13.4. The van der Waals surface area contributed by atoms with Gasteiger partial charge in [0.2, 0.25) is 10.0 Å². The fraction of sp³-hybridized carbons (Fsp3) is 0.455. The van der Waals surface area contributed by atoms with Crippen LogP contribution in [0.2, 0.25) is 0 Å². The molecule has 0 fully saturated rings. The number of benzene rings is 1. The zero-order valence-corrected chi connectivity index (χ0v) is 11.4. The molecule has 0 bridgehead atoms. The number of hydrogen-bond donors (Lipinski definition) is 0. The van der Waals surface area contributed by atoms with Crippen molar-refractivity contribution in [2.45, 2.75) is 13.0 Å². The topological polar surface area (TPSA) is 37.4 Å². The van der Waals surface area contributed by atoms with Gasteiger partial charge in [-0.15, -0.1) is 11.6 Å². The van der Waals surface area contributed by atoms with Crippen molar-refractivity contribution in [3.8, 4) is 0 Å². The first kappa shape index (κ1) is 15.3. The molecule has 0 saturated carbocycles. The molecule has 0 aliphatic rings. The highest BCUT2D eigenvalue weighted by atomic mass is 35.5. The molecule has 18 heavy (non-hydrogen) atoms. The zero-order valence-electron chi connectivity index (χ0n) is 9.87. The van der Waals surface area contributed by atoms with Gasteiger partial charge in [-0.25, -0.2) is 21.5 Å². The minimum atomic E-state index is -3.46. The van der Waals surface area contributed by atoms with Gasteiger partial charge in [0.1, 0.15) is 11.6 Å². The van der Waals surface area contributed by atoms with Gasteiger partial charge in [0.25, 0.3) is 0 Å². The van der Waals surface area contributed by atoms with Gasteiger partial charge in [0.15, 0.2) is 0 Å². The first-order chi connectivity index (χ1) is 8.36. The first-order valence-corrected chi connectivity index (χ1v) is 7.45. The Hall–Kier alpha value is -0.720. The Morgan fingerprint density at radius 1 is 1.33 bits per heavy atom. The van der Waals surface area contributed by atoms with E-state index in [1.165, 1.54) is 13.1 Å². The van der Waals surface area contributed by atoms with E-state index in [9.17, 15) is 17.2 Å². The summed E-state index contributed by atoms with van der Waals surface area (Å²) in [5.74, 6) is -1.29. The first-order valence-electron chi connectivity index (χ1n) is 5.30. The van der Waals surface area contributed by atoms with Crippen LogP contribution in [0.25, 0.3) is 0 Å². The van der Waals surface area contributed by atoms with Crippen molar-refractivity contribution in [3.05, 3.63) is 35.4 Å². The summed E-state index contributed by atoms with van der Waals surface area (Å²) >= 11 is 5.43. The third kappa shape index (κ3) is 4.19. The molecule has 102 valence electrons. The lowest BCUT2D eigenvalue weighted by atomic mass is 10.2. The Bertz CT molecular complexity index is 508. The third-order valence-corrected chi connectivity index (χ3v) is 4.57. The molecule has 0 N–H and O–H groups in total. The van der Waals surface area contributed by atoms with Crippen LogP contribution >= 0.6 is 11.6 Å². The summed E-state index contributed by atoms with van der Waals surface area (Å²) in [6.07, 6.45) is 0.333. The summed E-state index contributed by atoms with van der Waals surface area (Å²) in [7, 11) is -2.11. The highest BCUT2D eigenvalue weighted by Gasteiger charge is 2.18. The summed E-state index contributed by atoms with van der Waals surface area (Å²) in [6.45, 7) is -0.128. The molecule has 3 nitrogen and oxygen atoms in total. The summed E-state index contributed by atoms with van der Waals surface area (Å²) in [6, 6.07) is 3.06. The van der Waals surface area contributed by atoms with E-state index < -0.39 is 21.7 Å². The van der Waals surface area contributed by atoms with Crippen LogP contribution in [0, 0.1) is 11.6 Å². The standard InChI is InChI=1S/C11H14ClF2NO2S/c1-15(18(16,17)6-2-5-12)8-9-3-4-10(13)7-11(9)14/h3-4,7H,2,5-6,8H2,1H3. The van der Waals surface area contributed by atoms with Crippen LogP contribution < -0.4 is 0 Å². The number of halogens is 3. The Kier molecular flexibility index (Phi) is 5.49. The molecule has 0 atom stereocenters. The smallest absolute Gasteiger partial charge is 0.212 e. The van der Waals surface area contributed by atoms with Gasteiger partial charge in [0.05, 0.1) is 5.75 Å². The number of sulfonamides is 1. The molecule has 0 aliphatic carbocycles. The van der Waals surface area contributed by atoms with Crippen LogP contribution in [0.4, 0.5) is 8.78 Å². The third-order valence-electron chi connectivity index (χ3n) is 2.42. The average Bonchev–Trinajstić information content (AvgIpc) is 2.30. The molecule has 0 aromatic heterocycles. The molecule has 0 aliphatic heterocycles. The van der Waals surface area contributed by atoms with E-state index in [0.29, 0.717) is 6.42 Å². The highest BCUT2D eigenvalue weighted by Crippen LogP contribution is 2.14. The molecule has 1 rings (SSSR count). The monoisotopic (exact) mass is 297 g/mol. The zero-order chi connectivity index (χ0) is 13.8. The molecule has 1 aromatic carbocycles. The van der Waals surface area contributed by atoms with Crippen molar-refractivity contribution < 1.29 is 17.2 Å². The Balaban J connectivity index is 2.78. The van der Waals surface area contributed by atoms with Gasteiger partial charge in [-0.2, -0.15) is 0 Å². The van der Waals surface area contributed by atoms with Crippen molar-refractivity contribution in [2.24, 2.45) is 0 Å². The molecule has 0 amide bonds. The maximum absolute atomic E-state index is 13.4. The number of nitrogens with zero attached hydrogens (tertiary/aromatic N) is 1. The second-order valence-electron chi connectivity index (χ2n) is 3.85. The number of rotatable bonds is 6. The van der Waals surface area contributed by atoms with Crippen LogP contribution in [0.1, 0.15) is 12.0 Å². The SMILES string of the molecule is CN(Cc1ccc(F)cc1F)S(=O)(=O)CCCCl. The van der Waals surface area contributed by atoms with Crippen molar-refractivity contribution in [1.29, 1.82) is 0 Å². The van der Waals surface area contributed by atoms with Crippen LogP contribution in [0.3, 0.4) is 0 Å². The minimum Gasteiger partial charge on any atom is -0.212 e. The van der Waals surface area contributed by atoms with Crippen molar-refractivity contribution in [2.75, 3.05) is 18.7 Å². The van der Waals surface area contributed by atoms with Crippen LogP contribution in [-0.4, -0.2) is 31.4 Å².